The second-order valence-electron chi connectivity index (χ2n) is 13.0. The lowest BCUT2D eigenvalue weighted by atomic mass is 9.99. The summed E-state index contributed by atoms with van der Waals surface area (Å²) in [6.07, 6.45) is 4.05. The number of hydrogen-bond donors (Lipinski definition) is 0. The van der Waals surface area contributed by atoms with Gasteiger partial charge in [-0.1, -0.05) is 32.6 Å². The number of carbonyl (C=O) groups is 1. The van der Waals surface area contributed by atoms with E-state index in [1.165, 1.54) is 22.8 Å². The van der Waals surface area contributed by atoms with Gasteiger partial charge in [0, 0.05) is 49.5 Å². The third kappa shape index (κ3) is 4.97. The number of aromatic nitrogens is 6. The summed E-state index contributed by atoms with van der Waals surface area (Å²) in [6.45, 7) is 12.1. The topological polar surface area (TPSA) is 102 Å². The minimum Gasteiger partial charge on any atom is -0.349 e. The number of hydrogen-bond acceptors (Lipinski definition) is 7. The summed E-state index contributed by atoms with van der Waals surface area (Å²) in [7, 11) is 1.78. The molecule has 12 heteroatoms. The molecule has 5 aromatic rings. The maximum atomic E-state index is 16.6. The predicted molar refractivity (Wildman–Crippen MR) is 180 cm³/mol. The van der Waals surface area contributed by atoms with E-state index in [2.05, 4.69) is 16.5 Å². The number of nitrogens with zero attached hydrogens (tertiary/aromatic N) is 8. The van der Waals surface area contributed by atoms with Gasteiger partial charge in [-0.3, -0.25) is 14.5 Å². The van der Waals surface area contributed by atoms with E-state index in [1.54, 1.807) is 35.0 Å². The zero-order valence-corrected chi connectivity index (χ0v) is 27.5. The van der Waals surface area contributed by atoms with Crippen LogP contribution in [-0.2, 0) is 24.7 Å². The first-order chi connectivity index (χ1) is 23.0. The zero-order valence-electron chi connectivity index (χ0n) is 27.5. The molecule has 1 fully saturated rings. The van der Waals surface area contributed by atoms with Gasteiger partial charge in [-0.25, -0.2) is 23.1 Å². The number of pyridine rings is 2. The van der Waals surface area contributed by atoms with Crippen molar-refractivity contribution < 1.29 is 13.6 Å². The molecule has 2 aliphatic heterocycles. The van der Waals surface area contributed by atoms with E-state index in [-0.39, 0.29) is 52.0 Å². The maximum Gasteiger partial charge on any atom is 0.355 e. The molecule has 0 radical (unpaired) electrons. The second kappa shape index (κ2) is 11.8. The van der Waals surface area contributed by atoms with Gasteiger partial charge in [0.15, 0.2) is 11.5 Å². The minimum absolute atomic E-state index is 0.0305. The molecule has 6 heterocycles. The van der Waals surface area contributed by atoms with Gasteiger partial charge in [0.25, 0.3) is 0 Å². The highest BCUT2D eigenvalue weighted by molar-refractivity contribution is 5.93. The van der Waals surface area contributed by atoms with Crippen molar-refractivity contribution in [2.45, 2.75) is 58.5 Å². The quantitative estimate of drug-likeness (QED) is 0.243. The summed E-state index contributed by atoms with van der Waals surface area (Å²) in [4.78, 5) is 44.8. The van der Waals surface area contributed by atoms with Gasteiger partial charge in [0.1, 0.15) is 17.3 Å². The third-order valence-electron chi connectivity index (χ3n) is 9.43. The lowest BCUT2D eigenvalue weighted by Crippen LogP contribution is -2.58. The van der Waals surface area contributed by atoms with E-state index >= 15 is 8.78 Å². The smallest absolute Gasteiger partial charge is 0.349 e. The molecule has 0 aliphatic carbocycles. The van der Waals surface area contributed by atoms with Gasteiger partial charge in [-0.05, 0) is 68.5 Å². The Kier molecular flexibility index (Phi) is 7.68. The average Bonchev–Trinajstić information content (AvgIpc) is 3.43. The predicted octanol–water partition coefficient (Wildman–Crippen LogP) is 5.36. The van der Waals surface area contributed by atoms with E-state index in [0.29, 0.717) is 48.6 Å². The number of aryl methyl sites for hydroxylation is 3. The average molecular weight is 651 g/mol. The molecule has 0 saturated carbocycles. The van der Waals surface area contributed by atoms with Crippen molar-refractivity contribution in [1.29, 1.82) is 0 Å². The Morgan fingerprint density at radius 3 is 2.58 bits per heavy atom. The normalized spacial score (nSPS) is 17.5. The fourth-order valence-electron chi connectivity index (χ4n) is 7.08. The summed E-state index contributed by atoms with van der Waals surface area (Å²) in [5, 5.41) is 4.98. The highest BCUT2D eigenvalue weighted by atomic mass is 19.1. The fraction of sp³-hybridized carbons (Fsp3) is 0.333. The first-order valence-electron chi connectivity index (χ1n) is 16.1. The van der Waals surface area contributed by atoms with Crippen LogP contribution in [0.4, 0.5) is 14.6 Å². The molecule has 7 rings (SSSR count). The number of carbonyl (C=O) groups excluding carboxylic acids is 1. The first-order valence-corrected chi connectivity index (χ1v) is 16.1. The van der Waals surface area contributed by atoms with E-state index in [1.807, 2.05) is 44.7 Å². The van der Waals surface area contributed by atoms with Crippen LogP contribution in [0.15, 0.2) is 60.0 Å². The van der Waals surface area contributed by atoms with Crippen LogP contribution < -0.4 is 10.6 Å². The number of rotatable bonds is 3. The van der Waals surface area contributed by atoms with Gasteiger partial charge < -0.3 is 9.80 Å². The lowest BCUT2D eigenvalue weighted by molar-refractivity contribution is -0.128. The Balaban J connectivity index is 1.58. The van der Waals surface area contributed by atoms with E-state index in [9.17, 15) is 9.59 Å². The van der Waals surface area contributed by atoms with Crippen molar-refractivity contribution in [3.05, 3.63) is 94.3 Å². The van der Waals surface area contributed by atoms with Crippen LogP contribution >= 0.6 is 0 Å². The van der Waals surface area contributed by atoms with Gasteiger partial charge in [-0.2, -0.15) is 10.1 Å². The molecular formula is C36H36F2N8O2. The molecule has 2 aliphatic rings. The van der Waals surface area contributed by atoms with Gasteiger partial charge in [-0.15, -0.1) is 0 Å². The maximum absolute atomic E-state index is 16.6. The molecule has 1 saturated heterocycles. The summed E-state index contributed by atoms with van der Waals surface area (Å²) in [5.41, 5.74) is 3.06. The summed E-state index contributed by atoms with van der Waals surface area (Å²) < 4.78 is 35.6. The van der Waals surface area contributed by atoms with Gasteiger partial charge in [0.05, 0.1) is 28.2 Å². The SMILES string of the molecule is C=CC(=O)N1C[C@H](C)N(c2nc(=O)n3c4nc(c(F)cc24)-c2c(F)cccc2-c2cc(nn2C)CCc2ccnc(C(C)C)c2-3)C[C@H]1C. The third-order valence-corrected chi connectivity index (χ3v) is 9.43. The molecule has 0 N–H and O–H groups in total. The summed E-state index contributed by atoms with van der Waals surface area (Å²) in [5.74, 6) is -1.46. The molecule has 10 nitrogen and oxygen atoms in total. The van der Waals surface area contributed by atoms with Gasteiger partial charge >= 0.3 is 5.69 Å². The molecule has 4 bridgehead atoms. The van der Waals surface area contributed by atoms with Crippen molar-refractivity contribution in [3.63, 3.8) is 0 Å². The van der Waals surface area contributed by atoms with Crippen molar-refractivity contribution in [2.75, 3.05) is 18.0 Å². The fourth-order valence-corrected chi connectivity index (χ4v) is 7.08. The monoisotopic (exact) mass is 650 g/mol. The van der Waals surface area contributed by atoms with Crippen molar-refractivity contribution in [1.82, 2.24) is 34.2 Å². The number of benzene rings is 1. The molecule has 48 heavy (non-hydrogen) atoms. The van der Waals surface area contributed by atoms with Gasteiger partial charge in [0.2, 0.25) is 5.91 Å². The minimum atomic E-state index is -0.768. The molecule has 0 spiro atoms. The Morgan fingerprint density at radius 2 is 1.83 bits per heavy atom. The largest absolute Gasteiger partial charge is 0.355 e. The van der Waals surface area contributed by atoms with Crippen molar-refractivity contribution in [2.24, 2.45) is 7.05 Å². The van der Waals surface area contributed by atoms with Crippen LogP contribution in [0.2, 0.25) is 0 Å². The molecule has 0 unspecified atom stereocenters. The van der Waals surface area contributed by atoms with E-state index in [4.69, 9.17) is 10.1 Å². The second-order valence-corrected chi connectivity index (χ2v) is 13.0. The Labute approximate surface area is 276 Å². The summed E-state index contributed by atoms with van der Waals surface area (Å²) in [6, 6.07) is 9.10. The molecule has 4 aromatic heterocycles. The molecular weight excluding hydrogens is 614 g/mol. The van der Waals surface area contributed by atoms with Crippen LogP contribution in [0.3, 0.4) is 0 Å². The van der Waals surface area contributed by atoms with Crippen LogP contribution in [0.25, 0.3) is 39.2 Å². The Bertz CT molecular complexity index is 2190. The van der Waals surface area contributed by atoms with Crippen LogP contribution in [-0.4, -0.2) is 65.3 Å². The van der Waals surface area contributed by atoms with Crippen LogP contribution in [0, 0.1) is 11.6 Å². The highest BCUT2D eigenvalue weighted by Gasteiger charge is 2.34. The Morgan fingerprint density at radius 1 is 1.04 bits per heavy atom. The van der Waals surface area contributed by atoms with Crippen molar-refractivity contribution in [3.8, 4) is 28.2 Å². The molecule has 1 amide bonds. The number of anilines is 1. The molecule has 2 atom stereocenters. The summed E-state index contributed by atoms with van der Waals surface area (Å²) >= 11 is 0. The van der Waals surface area contributed by atoms with E-state index in [0.717, 1.165) is 11.3 Å². The van der Waals surface area contributed by atoms with E-state index < -0.39 is 17.3 Å². The number of piperazine rings is 1. The highest BCUT2D eigenvalue weighted by Crippen LogP contribution is 2.39. The number of halogens is 2. The zero-order chi connectivity index (χ0) is 34.0. The molecule has 246 valence electrons. The van der Waals surface area contributed by atoms with Crippen molar-refractivity contribution >= 4 is 22.8 Å². The van der Waals surface area contributed by atoms with Crippen LogP contribution in [0.5, 0.6) is 0 Å². The van der Waals surface area contributed by atoms with Crippen LogP contribution in [0.1, 0.15) is 50.6 Å². The first kappa shape index (κ1) is 31.3. The molecule has 1 aromatic carbocycles. The number of fused-ring (bicyclic) bond motifs is 8. The number of amides is 1. The lowest BCUT2D eigenvalue weighted by Gasteiger charge is -2.44. The Hall–Kier alpha value is -5.26. The standard InChI is InChI=1S/C36H36F2N8O2/c1-7-29(47)44-17-21(5)45(18-20(44)4)34-25-16-27(38)32-30-24(9-8-10-26(30)37)28-15-23(42-43(28)6)12-11-22-13-14-39-31(19(2)3)33(22)46(35(25)40-32)36(48)41-34/h7-10,13-16,19-21H,1,11-12,17-18H2,2-6H3/t20-,21+/m1/s1.